The van der Waals surface area contributed by atoms with Gasteiger partial charge in [-0.1, -0.05) is 0 Å². The first-order chi connectivity index (χ1) is 9.01. The van der Waals surface area contributed by atoms with Gasteiger partial charge in [-0.3, -0.25) is 9.99 Å². The highest BCUT2D eigenvalue weighted by Crippen LogP contribution is 2.25. The number of nitrogen functional groups attached to an aromatic ring is 1. The Hall–Kier alpha value is -1.87. The van der Waals surface area contributed by atoms with E-state index in [9.17, 15) is 4.79 Å². The summed E-state index contributed by atoms with van der Waals surface area (Å²) < 4.78 is 1.57. The number of hydrazine groups is 1. The van der Waals surface area contributed by atoms with Gasteiger partial charge in [0.05, 0.1) is 0 Å². The Morgan fingerprint density at radius 2 is 2.21 bits per heavy atom. The zero-order valence-electron chi connectivity index (χ0n) is 10.8. The number of hydrogen-bond donors (Lipinski definition) is 3. The van der Waals surface area contributed by atoms with E-state index in [-0.39, 0.29) is 11.7 Å². The number of nitrogens with two attached hydrogens (primary N) is 1. The lowest BCUT2D eigenvalue weighted by atomic mass is 10.4. The summed E-state index contributed by atoms with van der Waals surface area (Å²) in [6.07, 6.45) is 0. The molecule has 0 saturated heterocycles. The van der Waals surface area contributed by atoms with Crippen LogP contribution in [0.2, 0.25) is 0 Å². The highest BCUT2D eigenvalue weighted by Gasteiger charge is 2.14. The summed E-state index contributed by atoms with van der Waals surface area (Å²) in [5, 5.41) is 7.65. The van der Waals surface area contributed by atoms with Gasteiger partial charge in [0.2, 0.25) is 5.95 Å². The molecule has 0 spiro atoms. The normalized spacial score (nSPS) is 11.0. The van der Waals surface area contributed by atoms with Crippen LogP contribution in [0.15, 0.2) is 21.0 Å². The van der Waals surface area contributed by atoms with E-state index in [4.69, 9.17) is 5.84 Å². The van der Waals surface area contributed by atoms with Gasteiger partial charge in [-0.15, -0.1) is 5.10 Å². The summed E-state index contributed by atoms with van der Waals surface area (Å²) in [6.45, 7) is 5.67. The van der Waals surface area contributed by atoms with E-state index in [2.05, 4.69) is 25.6 Å². The molecule has 0 aromatic carbocycles. The molecule has 8 nitrogen and oxygen atoms in total. The van der Waals surface area contributed by atoms with Crippen LogP contribution in [0, 0.1) is 6.92 Å². The van der Waals surface area contributed by atoms with Crippen LogP contribution in [0.25, 0.3) is 0 Å². The van der Waals surface area contributed by atoms with Crippen LogP contribution < -0.4 is 17.0 Å². The van der Waals surface area contributed by atoms with Crippen molar-refractivity contribution in [3.63, 3.8) is 0 Å². The number of H-pyrrole nitrogens is 1. The van der Waals surface area contributed by atoms with Crippen LogP contribution in [0.5, 0.6) is 0 Å². The molecule has 102 valence electrons. The van der Waals surface area contributed by atoms with Crippen LogP contribution in [-0.2, 0) is 0 Å². The van der Waals surface area contributed by atoms with Crippen molar-refractivity contribution in [2.24, 2.45) is 5.84 Å². The Kier molecular flexibility index (Phi) is 3.86. The molecule has 2 aromatic rings. The summed E-state index contributed by atoms with van der Waals surface area (Å²) in [5.41, 5.74) is 2.95. The van der Waals surface area contributed by atoms with Crippen LogP contribution in [-0.4, -0.2) is 24.7 Å². The van der Waals surface area contributed by atoms with Crippen molar-refractivity contribution in [1.82, 2.24) is 24.7 Å². The summed E-state index contributed by atoms with van der Waals surface area (Å²) in [6, 6.07) is 1.82. The summed E-state index contributed by atoms with van der Waals surface area (Å²) >= 11 is 1.28. The second-order valence-corrected chi connectivity index (χ2v) is 5.18. The average Bonchev–Trinajstić information content (AvgIpc) is 2.69. The molecule has 2 aromatic heterocycles. The van der Waals surface area contributed by atoms with E-state index in [1.54, 1.807) is 10.6 Å². The van der Waals surface area contributed by atoms with Crippen LogP contribution in [0.4, 0.5) is 5.95 Å². The molecule has 0 atom stereocenters. The lowest BCUT2D eigenvalue weighted by Gasteiger charge is -2.08. The Morgan fingerprint density at radius 1 is 1.47 bits per heavy atom. The average molecular weight is 281 g/mol. The summed E-state index contributed by atoms with van der Waals surface area (Å²) in [7, 11) is 0. The van der Waals surface area contributed by atoms with Crippen molar-refractivity contribution in [3.8, 4) is 0 Å². The fourth-order valence-electron chi connectivity index (χ4n) is 1.57. The smallest absolute Gasteiger partial charge is 0.292 e. The van der Waals surface area contributed by atoms with E-state index in [0.29, 0.717) is 16.1 Å². The molecule has 0 fully saturated rings. The third-order valence-electron chi connectivity index (χ3n) is 2.34. The summed E-state index contributed by atoms with van der Waals surface area (Å²) in [4.78, 5) is 19.9. The van der Waals surface area contributed by atoms with Gasteiger partial charge in [-0.2, -0.15) is 0 Å². The minimum Gasteiger partial charge on any atom is -0.292 e. The fourth-order valence-corrected chi connectivity index (χ4v) is 2.60. The van der Waals surface area contributed by atoms with Crippen molar-refractivity contribution in [1.29, 1.82) is 0 Å². The monoisotopic (exact) mass is 281 g/mol. The minimum absolute atomic E-state index is 0.0174. The quantitative estimate of drug-likeness (QED) is 0.429. The number of nitrogens with one attached hydrogen (secondary N) is 2. The van der Waals surface area contributed by atoms with Gasteiger partial charge < -0.3 is 0 Å². The fraction of sp³-hybridized carbons (Fsp3) is 0.400. The van der Waals surface area contributed by atoms with Crippen molar-refractivity contribution in [2.45, 2.75) is 37.0 Å². The molecule has 0 saturated carbocycles. The molecule has 0 aliphatic heterocycles. The first-order valence-corrected chi connectivity index (χ1v) is 6.50. The Morgan fingerprint density at radius 3 is 2.84 bits per heavy atom. The third kappa shape index (κ3) is 2.93. The first-order valence-electron chi connectivity index (χ1n) is 5.68. The minimum atomic E-state index is -0.236. The Bertz CT molecular complexity index is 633. The van der Waals surface area contributed by atoms with Crippen LogP contribution in [0.1, 0.15) is 25.6 Å². The van der Waals surface area contributed by atoms with Crippen molar-refractivity contribution in [3.05, 3.63) is 22.2 Å². The zero-order valence-corrected chi connectivity index (χ0v) is 11.7. The first kappa shape index (κ1) is 13.6. The third-order valence-corrected chi connectivity index (χ3v) is 3.23. The van der Waals surface area contributed by atoms with Gasteiger partial charge in [0.25, 0.3) is 0 Å². The van der Waals surface area contributed by atoms with E-state index in [1.807, 2.05) is 20.8 Å². The molecular weight excluding hydrogens is 266 g/mol. The van der Waals surface area contributed by atoms with E-state index < -0.39 is 0 Å². The molecular formula is C10H15N7OS. The maximum atomic E-state index is 11.6. The number of hydrogen-bond acceptors (Lipinski definition) is 7. The molecule has 2 rings (SSSR count). The number of anilines is 1. The molecule has 0 unspecified atom stereocenters. The van der Waals surface area contributed by atoms with E-state index in [0.717, 1.165) is 5.69 Å². The molecule has 0 amide bonds. The van der Waals surface area contributed by atoms with Crippen molar-refractivity contribution >= 4 is 17.7 Å². The highest BCUT2D eigenvalue weighted by atomic mass is 32.2. The molecule has 0 radical (unpaired) electrons. The number of nitrogens with zero attached hydrogens (tertiary/aromatic N) is 4. The predicted octanol–water partition coefficient (Wildman–Crippen LogP) is 0.688. The van der Waals surface area contributed by atoms with Gasteiger partial charge >= 0.3 is 5.69 Å². The largest absolute Gasteiger partial charge is 0.344 e. The lowest BCUT2D eigenvalue weighted by Crippen LogP contribution is -2.19. The Labute approximate surface area is 113 Å². The molecule has 0 bridgehead atoms. The second-order valence-electron chi connectivity index (χ2n) is 4.19. The van der Waals surface area contributed by atoms with Gasteiger partial charge in [0.15, 0.2) is 5.16 Å². The zero-order chi connectivity index (χ0) is 14.0. The molecule has 2 heterocycles. The second kappa shape index (κ2) is 5.41. The van der Waals surface area contributed by atoms with Crippen LogP contribution >= 0.6 is 11.8 Å². The maximum Gasteiger partial charge on any atom is 0.344 e. The standard InChI is InChI=1S/C10H15N7OS/c1-5(2)17-9(18)15-16-10(17)19-7-4-6(3)12-8(13-7)14-11/h4-5H,11H2,1-3H3,(H,15,18)(H,12,13,14). The summed E-state index contributed by atoms with van der Waals surface area (Å²) in [5.74, 6) is 5.63. The highest BCUT2D eigenvalue weighted by molar-refractivity contribution is 7.99. The topological polar surface area (TPSA) is 115 Å². The van der Waals surface area contributed by atoms with E-state index in [1.165, 1.54) is 11.8 Å². The SMILES string of the molecule is Cc1cc(Sc2n[nH]c(=O)n2C(C)C)nc(NN)n1. The van der Waals surface area contributed by atoms with E-state index >= 15 is 0 Å². The number of rotatable bonds is 4. The van der Waals surface area contributed by atoms with Gasteiger partial charge in [-0.05, 0) is 38.6 Å². The molecule has 19 heavy (non-hydrogen) atoms. The Balaban J connectivity index is 2.36. The number of aromatic nitrogens is 5. The maximum absolute atomic E-state index is 11.6. The van der Waals surface area contributed by atoms with Gasteiger partial charge in [0.1, 0.15) is 5.03 Å². The van der Waals surface area contributed by atoms with Crippen molar-refractivity contribution in [2.75, 3.05) is 5.43 Å². The molecule has 0 aliphatic carbocycles. The lowest BCUT2D eigenvalue weighted by molar-refractivity contribution is 0.534. The molecule has 9 heteroatoms. The van der Waals surface area contributed by atoms with Gasteiger partial charge in [-0.25, -0.2) is 25.7 Å². The number of aromatic amines is 1. The molecule has 4 N–H and O–H groups in total. The van der Waals surface area contributed by atoms with Crippen molar-refractivity contribution < 1.29 is 0 Å². The number of aryl methyl sites for hydroxylation is 1. The molecule has 0 aliphatic rings. The predicted molar refractivity (Wildman–Crippen MR) is 71.9 cm³/mol. The van der Waals surface area contributed by atoms with Crippen LogP contribution in [0.3, 0.4) is 0 Å². The van der Waals surface area contributed by atoms with Gasteiger partial charge in [0, 0.05) is 11.7 Å².